The molecule has 0 radical (unpaired) electrons. The van der Waals surface area contributed by atoms with Gasteiger partial charge in [0.15, 0.2) is 0 Å². The van der Waals surface area contributed by atoms with E-state index in [1.54, 1.807) is 6.20 Å². The number of hydrogen-bond acceptors (Lipinski definition) is 5. The van der Waals surface area contributed by atoms with Gasteiger partial charge in [-0.2, -0.15) is 0 Å². The van der Waals surface area contributed by atoms with E-state index in [1.165, 1.54) is 5.39 Å². The van der Waals surface area contributed by atoms with E-state index in [2.05, 4.69) is 16.7 Å². The van der Waals surface area contributed by atoms with Crippen molar-refractivity contribution < 1.29 is 10.2 Å². The monoisotopic (exact) mass is 252 g/mol. The molecule has 8 N–H and O–H groups in total. The van der Waals surface area contributed by atoms with Gasteiger partial charge in [-0.15, -0.1) is 0 Å². The highest BCUT2D eigenvalue weighted by Crippen LogP contribution is 2.19. The molecule has 6 heteroatoms. The summed E-state index contributed by atoms with van der Waals surface area (Å²) in [7, 11) is 0. The molecule has 18 heavy (non-hydrogen) atoms. The molecular formula is C12H20N4O2. The third-order valence-corrected chi connectivity index (χ3v) is 2.23. The molecule has 1 heterocycles. The fourth-order valence-electron chi connectivity index (χ4n) is 1.43. The molecule has 2 rings (SSSR count). The molecule has 100 valence electrons. The van der Waals surface area contributed by atoms with Crippen molar-refractivity contribution >= 4 is 10.8 Å². The summed E-state index contributed by atoms with van der Waals surface area (Å²) >= 11 is 0. The van der Waals surface area contributed by atoms with Crippen LogP contribution in [0.5, 0.6) is 5.75 Å². The molecule has 0 saturated carbocycles. The van der Waals surface area contributed by atoms with Crippen molar-refractivity contribution in [3.05, 3.63) is 36.7 Å². The van der Waals surface area contributed by atoms with E-state index in [0.29, 0.717) is 13.2 Å². The molecule has 2 aromatic rings. The van der Waals surface area contributed by atoms with E-state index < -0.39 is 0 Å². The Morgan fingerprint density at radius 3 is 2.61 bits per heavy atom. The number of rotatable bonds is 4. The van der Waals surface area contributed by atoms with E-state index in [-0.39, 0.29) is 5.48 Å². The quantitative estimate of drug-likeness (QED) is 0.399. The van der Waals surface area contributed by atoms with Crippen LogP contribution >= 0.6 is 0 Å². The van der Waals surface area contributed by atoms with Crippen LogP contribution in [-0.2, 0) is 0 Å². The maximum Gasteiger partial charge on any atom is 0.119 e. The summed E-state index contributed by atoms with van der Waals surface area (Å²) in [5.41, 5.74) is 5.39. The highest BCUT2D eigenvalue weighted by Gasteiger charge is 1.96. The van der Waals surface area contributed by atoms with E-state index in [4.69, 9.17) is 10.5 Å². The Kier molecular flexibility index (Phi) is 8.42. The van der Waals surface area contributed by atoms with Crippen molar-refractivity contribution in [3.8, 4) is 5.75 Å². The van der Waals surface area contributed by atoms with E-state index in [0.717, 1.165) is 17.6 Å². The van der Waals surface area contributed by atoms with Gasteiger partial charge in [-0.05, 0) is 36.6 Å². The zero-order chi connectivity index (χ0) is 12.5. The van der Waals surface area contributed by atoms with Crippen LogP contribution in [0.2, 0.25) is 0 Å². The number of aromatic nitrogens is 1. The predicted molar refractivity (Wildman–Crippen MR) is 72.9 cm³/mol. The lowest BCUT2D eigenvalue weighted by Gasteiger charge is -2.05. The van der Waals surface area contributed by atoms with Crippen LogP contribution in [0.3, 0.4) is 0 Å². The van der Waals surface area contributed by atoms with Crippen molar-refractivity contribution in [1.29, 1.82) is 0 Å². The van der Waals surface area contributed by atoms with Gasteiger partial charge in [0.25, 0.3) is 0 Å². The van der Waals surface area contributed by atoms with Crippen molar-refractivity contribution in [3.63, 3.8) is 0 Å². The fourth-order valence-corrected chi connectivity index (χ4v) is 1.43. The van der Waals surface area contributed by atoms with Gasteiger partial charge >= 0.3 is 0 Å². The summed E-state index contributed by atoms with van der Waals surface area (Å²) in [6, 6.07) is 7.99. The zero-order valence-electron chi connectivity index (χ0n) is 10.2. The van der Waals surface area contributed by atoms with Gasteiger partial charge < -0.3 is 15.9 Å². The first-order valence-electron chi connectivity index (χ1n) is 5.40. The van der Waals surface area contributed by atoms with Crippen molar-refractivity contribution in [1.82, 2.24) is 4.98 Å². The molecule has 0 atom stereocenters. The molecule has 0 aliphatic rings. The summed E-state index contributed by atoms with van der Waals surface area (Å²) < 4.78 is 5.55. The molecule has 0 bridgehead atoms. The average Bonchev–Trinajstić information content (AvgIpc) is 2.41. The Morgan fingerprint density at radius 1 is 1.11 bits per heavy atom. The zero-order valence-corrected chi connectivity index (χ0v) is 10.2. The Balaban J connectivity index is 0.000000917. The van der Waals surface area contributed by atoms with Gasteiger partial charge in [-0.25, -0.2) is 0 Å². The lowest BCUT2D eigenvalue weighted by Crippen LogP contribution is -2.05. The Morgan fingerprint density at radius 2 is 1.89 bits per heavy atom. The number of benzene rings is 1. The maximum atomic E-state index is 5.55. The van der Waals surface area contributed by atoms with E-state index in [1.807, 2.05) is 30.5 Å². The van der Waals surface area contributed by atoms with Gasteiger partial charge in [-0.1, -0.05) is 6.07 Å². The molecule has 0 aliphatic carbocycles. The number of hydrogen-bond donors (Lipinski definition) is 3. The summed E-state index contributed by atoms with van der Waals surface area (Å²) in [5, 5.41) is 2.28. The van der Waals surface area contributed by atoms with E-state index >= 15 is 0 Å². The normalized spacial score (nSPS) is 9.06. The van der Waals surface area contributed by atoms with Gasteiger partial charge in [0.1, 0.15) is 5.75 Å². The number of pyridine rings is 1. The number of nitrogens with zero attached hydrogens (tertiary/aromatic N) is 1. The van der Waals surface area contributed by atoms with Crippen LogP contribution in [0.15, 0.2) is 36.7 Å². The van der Waals surface area contributed by atoms with Crippen molar-refractivity contribution in [2.24, 2.45) is 17.4 Å². The number of ether oxygens (including phenoxy) is 1. The minimum Gasteiger partial charge on any atom is -0.494 e. The van der Waals surface area contributed by atoms with E-state index in [9.17, 15) is 0 Å². The number of fused-ring (bicyclic) bond motifs is 1. The summed E-state index contributed by atoms with van der Waals surface area (Å²) in [5.74, 6) is 8.88. The molecule has 0 amide bonds. The SMILES string of the molecule is NCCCOc1ccc2ccncc2c1.NN.O. The minimum atomic E-state index is 0. The maximum absolute atomic E-state index is 5.55. The topological polar surface area (TPSA) is 132 Å². The molecule has 0 saturated heterocycles. The van der Waals surface area contributed by atoms with Crippen LogP contribution in [0.25, 0.3) is 10.8 Å². The molecule has 0 spiro atoms. The molecular weight excluding hydrogens is 232 g/mol. The van der Waals surface area contributed by atoms with Crippen LogP contribution in [0, 0.1) is 0 Å². The second-order valence-electron chi connectivity index (χ2n) is 3.38. The van der Waals surface area contributed by atoms with Gasteiger partial charge in [0.05, 0.1) is 6.61 Å². The van der Waals surface area contributed by atoms with Crippen LogP contribution in [0.4, 0.5) is 0 Å². The van der Waals surface area contributed by atoms with Gasteiger partial charge in [-0.3, -0.25) is 16.7 Å². The van der Waals surface area contributed by atoms with Crippen LogP contribution in [0.1, 0.15) is 6.42 Å². The third kappa shape index (κ3) is 4.64. The second kappa shape index (κ2) is 9.32. The van der Waals surface area contributed by atoms with Crippen LogP contribution < -0.4 is 22.2 Å². The summed E-state index contributed by atoms with van der Waals surface area (Å²) in [4.78, 5) is 4.07. The molecule has 1 aromatic carbocycles. The highest BCUT2D eigenvalue weighted by molar-refractivity contribution is 5.82. The summed E-state index contributed by atoms with van der Waals surface area (Å²) in [6.07, 6.45) is 4.51. The van der Waals surface area contributed by atoms with Crippen molar-refractivity contribution in [2.45, 2.75) is 6.42 Å². The first kappa shape index (κ1) is 16.3. The molecule has 0 unspecified atom stereocenters. The first-order chi connectivity index (χ1) is 8.40. The minimum absolute atomic E-state index is 0. The smallest absolute Gasteiger partial charge is 0.119 e. The van der Waals surface area contributed by atoms with Gasteiger partial charge in [0, 0.05) is 17.8 Å². The molecule has 6 nitrogen and oxygen atoms in total. The fraction of sp³-hybridized carbons (Fsp3) is 0.250. The number of hydrazine groups is 1. The molecule has 0 fully saturated rings. The molecule has 1 aromatic heterocycles. The Hall–Kier alpha value is -1.73. The third-order valence-electron chi connectivity index (χ3n) is 2.23. The van der Waals surface area contributed by atoms with Gasteiger partial charge in [0.2, 0.25) is 0 Å². The average molecular weight is 252 g/mol. The van der Waals surface area contributed by atoms with Crippen molar-refractivity contribution in [2.75, 3.05) is 13.2 Å². The lowest BCUT2D eigenvalue weighted by molar-refractivity contribution is 0.314. The van der Waals surface area contributed by atoms with Crippen LogP contribution in [-0.4, -0.2) is 23.6 Å². The first-order valence-corrected chi connectivity index (χ1v) is 5.40. The standard InChI is InChI=1S/C12H14N2O.H4N2.H2O/c13-5-1-7-15-12-3-2-10-4-6-14-9-11(10)8-12;1-2;/h2-4,6,8-9H,1,5,7,13H2;1-2H2;1H2. The Bertz CT molecular complexity index is 451. The molecule has 0 aliphatic heterocycles. The number of nitrogens with two attached hydrogens (primary N) is 3. The Labute approximate surface area is 106 Å². The highest BCUT2D eigenvalue weighted by atomic mass is 16.5. The summed E-state index contributed by atoms with van der Waals surface area (Å²) in [6.45, 7) is 1.33. The predicted octanol–water partition coefficient (Wildman–Crippen LogP) is -0.0435. The second-order valence-corrected chi connectivity index (χ2v) is 3.38. The largest absolute Gasteiger partial charge is 0.494 e. The lowest BCUT2D eigenvalue weighted by atomic mass is 10.2.